The van der Waals surface area contributed by atoms with E-state index in [0.29, 0.717) is 5.89 Å². The fourth-order valence-electron chi connectivity index (χ4n) is 5.67. The van der Waals surface area contributed by atoms with Gasteiger partial charge in [0.05, 0.1) is 34.0 Å². The third kappa shape index (κ3) is 3.47. The molecule has 0 saturated carbocycles. The molecule has 40 heavy (non-hydrogen) atoms. The molecule has 0 radical (unpaired) electrons. The molecule has 4 aromatic heterocycles. The van der Waals surface area contributed by atoms with Crippen molar-refractivity contribution < 1.29 is 4.42 Å². The number of imidazole rings is 1. The lowest BCUT2D eigenvalue weighted by Gasteiger charge is -2.11. The standard InChI is InChI=1S/C34H23N5O/c1-38-32-21-24(34-36-17-18-40-34)13-15-29(32)37-33(38)23-12-14-27-26-9-2-3-11-30(26)39(31(27)20-23)25-8-6-7-22(19-25)28-10-4-5-16-35-28/h2-21H,1H3. The molecule has 0 amide bonds. The second-order valence-electron chi connectivity index (χ2n) is 9.88. The van der Waals surface area contributed by atoms with Crippen molar-refractivity contribution in [1.82, 2.24) is 24.1 Å². The Kier molecular flexibility index (Phi) is 4.94. The van der Waals surface area contributed by atoms with Crippen molar-refractivity contribution in [3.05, 3.63) is 122 Å². The minimum absolute atomic E-state index is 0.600. The number of pyridine rings is 1. The largest absolute Gasteiger partial charge is 0.445 e. The van der Waals surface area contributed by atoms with Gasteiger partial charge in [-0.1, -0.05) is 48.5 Å². The Morgan fingerprint density at radius 3 is 2.35 bits per heavy atom. The first kappa shape index (κ1) is 22.5. The van der Waals surface area contributed by atoms with Crippen LogP contribution in [0.3, 0.4) is 0 Å². The molecule has 4 aromatic carbocycles. The summed E-state index contributed by atoms with van der Waals surface area (Å²) in [7, 11) is 2.06. The predicted octanol–water partition coefficient (Wildman–Crippen LogP) is 8.05. The van der Waals surface area contributed by atoms with E-state index in [4.69, 9.17) is 9.40 Å². The molecule has 0 aliphatic carbocycles. The monoisotopic (exact) mass is 517 g/mol. The maximum absolute atomic E-state index is 5.52. The zero-order valence-corrected chi connectivity index (χ0v) is 21.7. The molecule has 8 rings (SSSR count). The summed E-state index contributed by atoms with van der Waals surface area (Å²) in [5.74, 6) is 1.50. The number of fused-ring (bicyclic) bond motifs is 4. The van der Waals surface area contributed by atoms with E-state index in [1.165, 1.54) is 10.8 Å². The van der Waals surface area contributed by atoms with E-state index in [1.54, 1.807) is 12.5 Å². The van der Waals surface area contributed by atoms with Crippen LogP contribution in [-0.2, 0) is 7.05 Å². The van der Waals surface area contributed by atoms with Crippen LogP contribution in [0.1, 0.15) is 0 Å². The highest BCUT2D eigenvalue weighted by Gasteiger charge is 2.17. The number of nitrogens with zero attached hydrogens (tertiary/aromatic N) is 5. The van der Waals surface area contributed by atoms with E-state index in [2.05, 4.69) is 98.9 Å². The van der Waals surface area contributed by atoms with Gasteiger partial charge in [0.25, 0.3) is 0 Å². The molecule has 6 heteroatoms. The van der Waals surface area contributed by atoms with E-state index < -0.39 is 0 Å². The molecule has 0 aliphatic heterocycles. The third-order valence-corrected chi connectivity index (χ3v) is 7.56. The summed E-state index contributed by atoms with van der Waals surface area (Å²) in [6.07, 6.45) is 5.09. The van der Waals surface area contributed by atoms with Crippen LogP contribution in [0.2, 0.25) is 0 Å². The Hall–Kier alpha value is -5.49. The maximum atomic E-state index is 5.52. The third-order valence-electron chi connectivity index (χ3n) is 7.56. The number of hydrogen-bond acceptors (Lipinski definition) is 4. The lowest BCUT2D eigenvalue weighted by atomic mass is 10.1. The van der Waals surface area contributed by atoms with Crippen molar-refractivity contribution in [2.45, 2.75) is 0 Å². The maximum Gasteiger partial charge on any atom is 0.225 e. The van der Waals surface area contributed by atoms with Gasteiger partial charge in [-0.15, -0.1) is 0 Å². The van der Waals surface area contributed by atoms with Crippen molar-refractivity contribution in [2.75, 3.05) is 0 Å². The van der Waals surface area contributed by atoms with Crippen molar-refractivity contribution in [2.24, 2.45) is 7.05 Å². The average Bonchev–Trinajstić information content (AvgIpc) is 3.74. The first-order chi connectivity index (χ1) is 19.7. The Morgan fingerprint density at radius 2 is 1.48 bits per heavy atom. The SMILES string of the molecule is Cn1c(-c2ccc3c4ccccc4n(-c4cccc(-c5ccccn5)c4)c3c2)nc2ccc(-c3ncco3)cc21. The highest BCUT2D eigenvalue weighted by molar-refractivity contribution is 6.10. The van der Waals surface area contributed by atoms with Crippen molar-refractivity contribution in [3.63, 3.8) is 0 Å². The van der Waals surface area contributed by atoms with Gasteiger partial charge in [0, 0.05) is 46.4 Å². The molecule has 6 nitrogen and oxygen atoms in total. The van der Waals surface area contributed by atoms with Crippen LogP contribution in [0.4, 0.5) is 0 Å². The summed E-state index contributed by atoms with van der Waals surface area (Å²) < 4.78 is 9.99. The molecule has 0 bridgehead atoms. The molecule has 190 valence electrons. The van der Waals surface area contributed by atoms with Gasteiger partial charge in [0.1, 0.15) is 12.1 Å². The Bertz CT molecular complexity index is 2170. The molecule has 0 unspecified atom stereocenters. The molecule has 0 aliphatic rings. The number of benzene rings is 4. The minimum atomic E-state index is 0.600. The van der Waals surface area contributed by atoms with Gasteiger partial charge >= 0.3 is 0 Å². The van der Waals surface area contributed by atoms with Crippen LogP contribution in [0.25, 0.3) is 72.6 Å². The van der Waals surface area contributed by atoms with Gasteiger partial charge in [-0.3, -0.25) is 4.98 Å². The number of para-hydroxylation sites is 1. The number of aromatic nitrogens is 5. The van der Waals surface area contributed by atoms with Gasteiger partial charge < -0.3 is 13.6 Å². The summed E-state index contributed by atoms with van der Waals surface area (Å²) in [5, 5.41) is 2.42. The fourth-order valence-corrected chi connectivity index (χ4v) is 5.67. The number of aryl methyl sites for hydroxylation is 1. The summed E-state index contributed by atoms with van der Waals surface area (Å²) in [6.45, 7) is 0. The van der Waals surface area contributed by atoms with Crippen molar-refractivity contribution in [3.8, 4) is 39.8 Å². The van der Waals surface area contributed by atoms with Crippen LogP contribution in [0.15, 0.2) is 126 Å². The van der Waals surface area contributed by atoms with E-state index in [-0.39, 0.29) is 0 Å². The zero-order chi connectivity index (χ0) is 26.6. The Morgan fingerprint density at radius 1 is 0.625 bits per heavy atom. The number of rotatable bonds is 4. The highest BCUT2D eigenvalue weighted by Crippen LogP contribution is 2.36. The normalized spacial score (nSPS) is 11.6. The molecule has 8 aromatic rings. The van der Waals surface area contributed by atoms with Gasteiger partial charge in [-0.25, -0.2) is 9.97 Å². The molecule has 0 atom stereocenters. The summed E-state index contributed by atoms with van der Waals surface area (Å²) >= 11 is 0. The topological polar surface area (TPSA) is 61.7 Å². The second-order valence-corrected chi connectivity index (χ2v) is 9.88. The van der Waals surface area contributed by atoms with E-state index >= 15 is 0 Å². The summed E-state index contributed by atoms with van der Waals surface area (Å²) in [5.41, 5.74) is 9.34. The lowest BCUT2D eigenvalue weighted by molar-refractivity contribution is 0.574. The Labute approximate surface area is 229 Å². The van der Waals surface area contributed by atoms with E-state index in [9.17, 15) is 0 Å². The van der Waals surface area contributed by atoms with Crippen LogP contribution in [0, 0.1) is 0 Å². The van der Waals surface area contributed by atoms with Gasteiger partial charge in [0.2, 0.25) is 5.89 Å². The van der Waals surface area contributed by atoms with Crippen LogP contribution >= 0.6 is 0 Å². The van der Waals surface area contributed by atoms with Crippen molar-refractivity contribution >= 4 is 32.8 Å². The summed E-state index contributed by atoms with van der Waals surface area (Å²) in [6, 6.07) is 35.9. The van der Waals surface area contributed by atoms with Gasteiger partial charge in [0.15, 0.2) is 0 Å². The number of hydrogen-bond donors (Lipinski definition) is 0. The minimum Gasteiger partial charge on any atom is -0.445 e. The second kappa shape index (κ2) is 8.78. The summed E-state index contributed by atoms with van der Waals surface area (Å²) in [4.78, 5) is 13.9. The molecule has 0 N–H and O–H groups in total. The first-order valence-corrected chi connectivity index (χ1v) is 13.2. The van der Waals surface area contributed by atoms with Gasteiger partial charge in [-0.2, -0.15) is 0 Å². The molecular weight excluding hydrogens is 494 g/mol. The zero-order valence-electron chi connectivity index (χ0n) is 21.7. The smallest absolute Gasteiger partial charge is 0.225 e. The quantitative estimate of drug-likeness (QED) is 0.237. The number of oxazole rings is 1. The highest BCUT2D eigenvalue weighted by atomic mass is 16.3. The average molecular weight is 518 g/mol. The van der Waals surface area contributed by atoms with Crippen LogP contribution in [0.5, 0.6) is 0 Å². The molecular formula is C34H23N5O. The predicted molar refractivity (Wildman–Crippen MR) is 159 cm³/mol. The molecule has 4 heterocycles. The van der Waals surface area contributed by atoms with E-state index in [1.807, 2.05) is 36.5 Å². The Balaban J connectivity index is 1.33. The van der Waals surface area contributed by atoms with Gasteiger partial charge in [-0.05, 0) is 54.6 Å². The van der Waals surface area contributed by atoms with Crippen LogP contribution < -0.4 is 0 Å². The van der Waals surface area contributed by atoms with Crippen LogP contribution in [-0.4, -0.2) is 24.1 Å². The van der Waals surface area contributed by atoms with E-state index in [0.717, 1.165) is 56.0 Å². The lowest BCUT2D eigenvalue weighted by Crippen LogP contribution is -1.96. The first-order valence-electron chi connectivity index (χ1n) is 13.2. The fraction of sp³-hybridized carbons (Fsp3) is 0.0294. The molecule has 0 fully saturated rings. The molecule has 0 saturated heterocycles. The molecule has 0 spiro atoms. The van der Waals surface area contributed by atoms with Crippen molar-refractivity contribution in [1.29, 1.82) is 0 Å².